The van der Waals surface area contributed by atoms with Crippen LogP contribution in [0, 0.1) is 0 Å². The standard InChI is InChI=1S/C17H30FN/c1-3-5-6-7-8-9-13-16-19(4-2)17(18)14-11-10-12-15-17/h10-12,14H,3-9,13,15-16H2,1-2H3. The number of alkyl halides is 1. The van der Waals surface area contributed by atoms with E-state index < -0.39 is 5.79 Å². The number of allylic oxidation sites excluding steroid dienone is 2. The summed E-state index contributed by atoms with van der Waals surface area (Å²) in [5.74, 6) is -1.24. The molecule has 0 aromatic rings. The van der Waals surface area contributed by atoms with E-state index in [0.717, 1.165) is 19.5 Å². The van der Waals surface area contributed by atoms with Gasteiger partial charge < -0.3 is 0 Å². The summed E-state index contributed by atoms with van der Waals surface area (Å²) < 4.78 is 14.7. The van der Waals surface area contributed by atoms with Crippen LogP contribution in [-0.4, -0.2) is 23.8 Å². The van der Waals surface area contributed by atoms with E-state index in [4.69, 9.17) is 0 Å². The Hall–Kier alpha value is -0.630. The maximum atomic E-state index is 14.7. The zero-order valence-electron chi connectivity index (χ0n) is 12.7. The maximum Gasteiger partial charge on any atom is 0.186 e. The van der Waals surface area contributed by atoms with Crippen molar-refractivity contribution in [2.45, 2.75) is 71.0 Å². The molecule has 0 N–H and O–H groups in total. The van der Waals surface area contributed by atoms with Crippen LogP contribution in [0.25, 0.3) is 0 Å². The largest absolute Gasteiger partial charge is 0.268 e. The van der Waals surface area contributed by atoms with Gasteiger partial charge in [0.2, 0.25) is 0 Å². The molecule has 1 atom stereocenters. The van der Waals surface area contributed by atoms with Gasteiger partial charge in [-0.15, -0.1) is 0 Å². The molecule has 0 amide bonds. The van der Waals surface area contributed by atoms with E-state index in [1.807, 2.05) is 23.1 Å². The van der Waals surface area contributed by atoms with E-state index in [-0.39, 0.29) is 0 Å². The number of halogens is 1. The van der Waals surface area contributed by atoms with Crippen molar-refractivity contribution in [3.63, 3.8) is 0 Å². The molecule has 1 aliphatic rings. The van der Waals surface area contributed by atoms with E-state index >= 15 is 0 Å². The Bertz CT molecular complexity index is 285. The Morgan fingerprint density at radius 2 is 1.68 bits per heavy atom. The molecule has 0 saturated heterocycles. The first-order chi connectivity index (χ1) is 9.23. The van der Waals surface area contributed by atoms with Crippen LogP contribution in [0.3, 0.4) is 0 Å². The lowest BCUT2D eigenvalue weighted by atomic mass is 10.0. The predicted octanol–water partition coefficient (Wildman–Crippen LogP) is 5.24. The van der Waals surface area contributed by atoms with Crippen LogP contribution in [0.5, 0.6) is 0 Å². The van der Waals surface area contributed by atoms with Crippen LogP contribution in [0.2, 0.25) is 0 Å². The van der Waals surface area contributed by atoms with E-state index in [9.17, 15) is 4.39 Å². The summed E-state index contributed by atoms with van der Waals surface area (Å²) in [6.07, 6.45) is 16.9. The van der Waals surface area contributed by atoms with Crippen LogP contribution >= 0.6 is 0 Å². The molecule has 0 saturated carbocycles. The van der Waals surface area contributed by atoms with Crippen LogP contribution < -0.4 is 0 Å². The van der Waals surface area contributed by atoms with E-state index in [0.29, 0.717) is 6.42 Å². The van der Waals surface area contributed by atoms with Gasteiger partial charge >= 0.3 is 0 Å². The van der Waals surface area contributed by atoms with Gasteiger partial charge in [-0.2, -0.15) is 0 Å². The van der Waals surface area contributed by atoms with E-state index in [1.165, 1.54) is 38.5 Å². The lowest BCUT2D eigenvalue weighted by molar-refractivity contribution is 0.0129. The van der Waals surface area contributed by atoms with Gasteiger partial charge in [0.15, 0.2) is 5.79 Å². The number of hydrogen-bond donors (Lipinski definition) is 0. The molecule has 0 fully saturated rings. The zero-order valence-corrected chi connectivity index (χ0v) is 12.7. The first kappa shape index (κ1) is 16.4. The first-order valence-electron chi connectivity index (χ1n) is 8.01. The van der Waals surface area contributed by atoms with Gasteiger partial charge in [0.05, 0.1) is 0 Å². The quantitative estimate of drug-likeness (QED) is 0.386. The first-order valence-corrected chi connectivity index (χ1v) is 8.01. The highest BCUT2D eigenvalue weighted by atomic mass is 19.1. The lowest BCUT2D eigenvalue weighted by Gasteiger charge is -2.35. The molecule has 1 aliphatic carbocycles. The van der Waals surface area contributed by atoms with Crippen molar-refractivity contribution in [2.24, 2.45) is 0 Å². The van der Waals surface area contributed by atoms with Crippen molar-refractivity contribution in [3.05, 3.63) is 24.3 Å². The summed E-state index contributed by atoms with van der Waals surface area (Å²) in [7, 11) is 0. The molecule has 1 nitrogen and oxygen atoms in total. The average Bonchev–Trinajstić information content (AvgIpc) is 2.42. The Morgan fingerprint density at radius 3 is 2.26 bits per heavy atom. The SMILES string of the molecule is CCCCCCCCCN(CC)C1(F)C=CC=CC1. The van der Waals surface area contributed by atoms with Crippen molar-refractivity contribution in [1.82, 2.24) is 4.90 Å². The topological polar surface area (TPSA) is 3.24 Å². The van der Waals surface area contributed by atoms with Crippen molar-refractivity contribution in [2.75, 3.05) is 13.1 Å². The molecule has 0 spiro atoms. The summed E-state index contributed by atoms with van der Waals surface area (Å²) in [6, 6.07) is 0. The maximum absolute atomic E-state index is 14.7. The van der Waals surface area contributed by atoms with Crippen molar-refractivity contribution in [3.8, 4) is 0 Å². The number of likely N-dealkylation sites (N-methyl/N-ethyl adjacent to an activating group) is 1. The molecule has 0 heterocycles. The molecule has 0 radical (unpaired) electrons. The Kier molecular flexibility index (Phi) is 8.04. The summed E-state index contributed by atoms with van der Waals surface area (Å²) in [6.45, 7) is 5.95. The summed E-state index contributed by atoms with van der Waals surface area (Å²) in [5, 5.41) is 0. The second-order valence-electron chi connectivity index (χ2n) is 5.51. The third-order valence-electron chi connectivity index (χ3n) is 3.94. The van der Waals surface area contributed by atoms with Gasteiger partial charge in [-0.3, -0.25) is 4.90 Å². The highest BCUT2D eigenvalue weighted by Gasteiger charge is 2.32. The molecule has 0 aromatic heterocycles. The summed E-state index contributed by atoms with van der Waals surface area (Å²) in [4.78, 5) is 1.97. The van der Waals surface area contributed by atoms with Crippen molar-refractivity contribution < 1.29 is 4.39 Å². The van der Waals surface area contributed by atoms with Gasteiger partial charge in [-0.25, -0.2) is 4.39 Å². The molecule has 2 heteroatoms. The molecule has 1 rings (SSSR count). The highest BCUT2D eigenvalue weighted by Crippen LogP contribution is 2.27. The normalized spacial score (nSPS) is 22.3. The third-order valence-corrected chi connectivity index (χ3v) is 3.94. The van der Waals surface area contributed by atoms with Gasteiger partial charge in [-0.1, -0.05) is 70.6 Å². The van der Waals surface area contributed by atoms with Gasteiger partial charge in [0, 0.05) is 13.0 Å². The van der Waals surface area contributed by atoms with E-state index in [2.05, 4.69) is 13.8 Å². The Balaban J connectivity index is 2.18. The van der Waals surface area contributed by atoms with Crippen LogP contribution in [-0.2, 0) is 0 Å². The minimum absolute atomic E-state index is 0.494. The molecule has 19 heavy (non-hydrogen) atoms. The Labute approximate surface area is 118 Å². The zero-order chi connectivity index (χ0) is 14.0. The van der Waals surface area contributed by atoms with Gasteiger partial charge in [-0.05, 0) is 19.0 Å². The second kappa shape index (κ2) is 9.30. The molecular formula is C17H30FN. The fourth-order valence-electron chi connectivity index (χ4n) is 2.68. The van der Waals surface area contributed by atoms with E-state index in [1.54, 1.807) is 6.08 Å². The Morgan fingerprint density at radius 1 is 1.00 bits per heavy atom. The van der Waals surface area contributed by atoms with Crippen molar-refractivity contribution in [1.29, 1.82) is 0 Å². The minimum Gasteiger partial charge on any atom is -0.268 e. The van der Waals surface area contributed by atoms with Gasteiger partial charge in [0.1, 0.15) is 0 Å². The fraction of sp³-hybridized carbons (Fsp3) is 0.765. The minimum atomic E-state index is -1.24. The number of rotatable bonds is 10. The average molecular weight is 267 g/mol. The monoisotopic (exact) mass is 267 g/mol. The molecule has 0 aliphatic heterocycles. The number of nitrogens with zero attached hydrogens (tertiary/aromatic N) is 1. The molecule has 1 unspecified atom stereocenters. The molecule has 0 bridgehead atoms. The lowest BCUT2D eigenvalue weighted by Crippen LogP contribution is -2.44. The van der Waals surface area contributed by atoms with Gasteiger partial charge in [0.25, 0.3) is 0 Å². The van der Waals surface area contributed by atoms with Crippen LogP contribution in [0.4, 0.5) is 4.39 Å². The summed E-state index contributed by atoms with van der Waals surface area (Å²) in [5.41, 5.74) is 0. The highest BCUT2D eigenvalue weighted by molar-refractivity contribution is 5.17. The predicted molar refractivity (Wildman–Crippen MR) is 82.0 cm³/mol. The van der Waals surface area contributed by atoms with Crippen LogP contribution in [0.15, 0.2) is 24.3 Å². The third kappa shape index (κ3) is 5.90. The molecule has 0 aromatic carbocycles. The fourth-order valence-corrected chi connectivity index (χ4v) is 2.68. The van der Waals surface area contributed by atoms with Crippen molar-refractivity contribution >= 4 is 0 Å². The molecular weight excluding hydrogens is 237 g/mol. The number of unbranched alkanes of at least 4 members (excludes halogenated alkanes) is 6. The number of hydrogen-bond acceptors (Lipinski definition) is 1. The summed E-state index contributed by atoms with van der Waals surface area (Å²) >= 11 is 0. The van der Waals surface area contributed by atoms with Crippen LogP contribution in [0.1, 0.15) is 65.2 Å². The molecule has 110 valence electrons. The smallest absolute Gasteiger partial charge is 0.186 e. The second-order valence-corrected chi connectivity index (χ2v) is 5.51.